The number of nitrogens with zero attached hydrogens (tertiary/aromatic N) is 5. The summed E-state index contributed by atoms with van der Waals surface area (Å²) in [7, 11) is 0. The van der Waals surface area contributed by atoms with Crippen LogP contribution in [0.5, 0.6) is 0 Å². The molecule has 0 amide bonds. The molecule has 2 aromatic heterocycles. The van der Waals surface area contributed by atoms with E-state index in [-0.39, 0.29) is 17.5 Å². The van der Waals surface area contributed by atoms with E-state index in [2.05, 4.69) is 20.5 Å². The van der Waals surface area contributed by atoms with Crippen molar-refractivity contribution in [3.05, 3.63) is 64.3 Å². The van der Waals surface area contributed by atoms with Crippen LogP contribution in [0.3, 0.4) is 0 Å². The average Bonchev–Trinajstić information content (AvgIpc) is 3.24. The summed E-state index contributed by atoms with van der Waals surface area (Å²) < 4.78 is 25.0. The maximum Gasteiger partial charge on any atom is 0.269 e. The number of nitrogens with one attached hydrogen (secondary N) is 1. The third kappa shape index (κ3) is 4.41. The second-order valence-corrected chi connectivity index (χ2v) is 6.34. The number of aromatic nitrogens is 2. The van der Waals surface area contributed by atoms with E-state index >= 15 is 0 Å². The largest absolute Gasteiger partial charge is 0.455 e. The van der Waals surface area contributed by atoms with Crippen molar-refractivity contribution in [1.29, 1.82) is 0 Å². The minimum atomic E-state index is -0.509. The van der Waals surface area contributed by atoms with Crippen LogP contribution in [0.15, 0.2) is 52.1 Å². The fourth-order valence-corrected chi connectivity index (χ4v) is 2.89. The van der Waals surface area contributed by atoms with Gasteiger partial charge in [-0.3, -0.25) is 10.1 Å². The van der Waals surface area contributed by atoms with Gasteiger partial charge < -0.3 is 14.1 Å². The second kappa shape index (κ2) is 8.66. The van der Waals surface area contributed by atoms with Crippen molar-refractivity contribution < 1.29 is 18.5 Å². The molecule has 0 radical (unpaired) electrons. The highest BCUT2D eigenvalue weighted by molar-refractivity contribution is 5.78. The van der Waals surface area contributed by atoms with Crippen molar-refractivity contribution in [2.45, 2.75) is 0 Å². The van der Waals surface area contributed by atoms with Gasteiger partial charge in [0.15, 0.2) is 11.6 Å². The lowest BCUT2D eigenvalue weighted by Crippen LogP contribution is -2.37. The number of hydrogen-bond donors (Lipinski definition) is 1. The van der Waals surface area contributed by atoms with Crippen LogP contribution in [0.4, 0.5) is 21.8 Å². The molecule has 3 aromatic rings. The van der Waals surface area contributed by atoms with E-state index in [0.29, 0.717) is 43.4 Å². The quantitative estimate of drug-likeness (QED) is 0.373. The maximum absolute atomic E-state index is 14.0. The number of nitro groups is 1. The third-order valence-electron chi connectivity index (χ3n) is 4.38. The monoisotopic (exact) mass is 412 g/mol. The summed E-state index contributed by atoms with van der Waals surface area (Å²) >= 11 is 0. The van der Waals surface area contributed by atoms with E-state index in [0.717, 1.165) is 6.20 Å². The molecular formula is C19H17FN6O4. The van der Waals surface area contributed by atoms with Gasteiger partial charge in [0.25, 0.3) is 5.69 Å². The number of hydrazone groups is 1. The number of nitro benzene ring substituents is 1. The van der Waals surface area contributed by atoms with Crippen LogP contribution >= 0.6 is 0 Å². The smallest absolute Gasteiger partial charge is 0.269 e. The molecule has 0 spiro atoms. The first-order chi connectivity index (χ1) is 14.6. The molecule has 1 aliphatic heterocycles. The van der Waals surface area contributed by atoms with Crippen molar-refractivity contribution in [3.8, 4) is 11.3 Å². The Morgan fingerprint density at radius 3 is 2.70 bits per heavy atom. The Labute approximate surface area is 170 Å². The molecular weight excluding hydrogens is 395 g/mol. The van der Waals surface area contributed by atoms with E-state index in [1.807, 2.05) is 0 Å². The van der Waals surface area contributed by atoms with E-state index < -0.39 is 10.7 Å². The SMILES string of the molecule is O=[N+]([O-])c1ccc(-c2ccc(/C=N/Nc3ncc(F)c(N4CCOCC4)n3)o2)cc1. The summed E-state index contributed by atoms with van der Waals surface area (Å²) in [6.45, 7) is 2.13. The molecule has 30 heavy (non-hydrogen) atoms. The van der Waals surface area contributed by atoms with E-state index in [9.17, 15) is 14.5 Å². The van der Waals surface area contributed by atoms with Crippen LogP contribution in [0.25, 0.3) is 11.3 Å². The Morgan fingerprint density at radius 2 is 1.97 bits per heavy atom. The molecule has 1 N–H and O–H groups in total. The summed E-state index contributed by atoms with van der Waals surface area (Å²) in [6.07, 6.45) is 2.52. The lowest BCUT2D eigenvalue weighted by molar-refractivity contribution is -0.384. The van der Waals surface area contributed by atoms with E-state index in [4.69, 9.17) is 9.15 Å². The molecule has 0 atom stereocenters. The molecule has 1 aromatic carbocycles. The molecule has 11 heteroatoms. The first-order valence-corrected chi connectivity index (χ1v) is 9.09. The highest BCUT2D eigenvalue weighted by Crippen LogP contribution is 2.24. The summed E-state index contributed by atoms with van der Waals surface area (Å²) in [5, 5.41) is 14.8. The summed E-state index contributed by atoms with van der Waals surface area (Å²) in [5.74, 6) is 0.830. The molecule has 154 valence electrons. The van der Waals surface area contributed by atoms with Gasteiger partial charge in [-0.15, -0.1) is 0 Å². The van der Waals surface area contributed by atoms with Crippen LogP contribution < -0.4 is 10.3 Å². The van der Waals surface area contributed by atoms with Gasteiger partial charge in [-0.25, -0.2) is 14.8 Å². The number of benzene rings is 1. The van der Waals surface area contributed by atoms with Gasteiger partial charge in [0.1, 0.15) is 11.5 Å². The molecule has 0 aliphatic carbocycles. The van der Waals surface area contributed by atoms with Crippen molar-refractivity contribution >= 4 is 23.7 Å². The molecule has 0 bridgehead atoms. The number of non-ortho nitro benzene ring substituents is 1. The van der Waals surface area contributed by atoms with Crippen molar-refractivity contribution in [3.63, 3.8) is 0 Å². The number of halogens is 1. The Balaban J connectivity index is 1.42. The van der Waals surface area contributed by atoms with Gasteiger partial charge in [0.05, 0.1) is 30.5 Å². The number of morpholine rings is 1. The zero-order chi connectivity index (χ0) is 20.9. The number of rotatable bonds is 6. The lowest BCUT2D eigenvalue weighted by atomic mass is 10.1. The van der Waals surface area contributed by atoms with Crippen molar-refractivity contribution in [2.75, 3.05) is 36.6 Å². The lowest BCUT2D eigenvalue weighted by Gasteiger charge is -2.27. The number of furan rings is 1. The van der Waals surface area contributed by atoms with Gasteiger partial charge in [-0.05, 0) is 24.3 Å². The normalized spacial score (nSPS) is 14.2. The van der Waals surface area contributed by atoms with Crippen LogP contribution in [0.1, 0.15) is 5.76 Å². The molecule has 1 saturated heterocycles. The maximum atomic E-state index is 14.0. The van der Waals surface area contributed by atoms with Gasteiger partial charge in [0, 0.05) is 30.8 Å². The van der Waals surface area contributed by atoms with Gasteiger partial charge in [-0.1, -0.05) is 0 Å². The average molecular weight is 412 g/mol. The fourth-order valence-electron chi connectivity index (χ4n) is 2.89. The number of ether oxygens (including phenoxy) is 1. The Bertz CT molecular complexity index is 1060. The predicted octanol–water partition coefficient (Wildman–Crippen LogP) is 3.07. The first kappa shape index (κ1) is 19.5. The zero-order valence-corrected chi connectivity index (χ0v) is 15.7. The summed E-state index contributed by atoms with van der Waals surface area (Å²) in [4.78, 5) is 20.1. The molecule has 0 saturated carbocycles. The zero-order valence-electron chi connectivity index (χ0n) is 15.7. The molecule has 3 heterocycles. The molecule has 4 rings (SSSR count). The van der Waals surface area contributed by atoms with E-state index in [1.165, 1.54) is 18.3 Å². The third-order valence-corrected chi connectivity index (χ3v) is 4.38. The van der Waals surface area contributed by atoms with Crippen LogP contribution in [-0.2, 0) is 4.74 Å². The molecule has 10 nitrogen and oxygen atoms in total. The van der Waals surface area contributed by atoms with Gasteiger partial charge in [0.2, 0.25) is 5.95 Å². The minimum absolute atomic E-state index is 0.00652. The Hall–Kier alpha value is -3.86. The highest BCUT2D eigenvalue weighted by atomic mass is 19.1. The van der Waals surface area contributed by atoms with Crippen LogP contribution in [-0.4, -0.2) is 47.4 Å². The molecule has 1 fully saturated rings. The topological polar surface area (TPSA) is 119 Å². The van der Waals surface area contributed by atoms with E-state index in [1.54, 1.807) is 29.2 Å². The Morgan fingerprint density at radius 1 is 1.20 bits per heavy atom. The van der Waals surface area contributed by atoms with Gasteiger partial charge in [-0.2, -0.15) is 10.1 Å². The van der Waals surface area contributed by atoms with Crippen LogP contribution in [0, 0.1) is 15.9 Å². The number of anilines is 2. The molecule has 1 aliphatic rings. The van der Waals surface area contributed by atoms with Gasteiger partial charge >= 0.3 is 0 Å². The standard InChI is InChI=1S/C19H17FN6O4/c20-16-12-21-19(23-18(16)25-7-9-29-10-8-25)24-22-11-15-5-6-17(30-15)13-1-3-14(4-2-13)26(27)28/h1-6,11-12H,7-10H2,(H,21,23,24)/b22-11+. The fraction of sp³-hybridized carbons (Fsp3) is 0.211. The first-order valence-electron chi connectivity index (χ1n) is 9.09. The van der Waals surface area contributed by atoms with Crippen molar-refractivity contribution in [2.24, 2.45) is 5.10 Å². The van der Waals surface area contributed by atoms with Crippen LogP contribution in [0.2, 0.25) is 0 Å². The second-order valence-electron chi connectivity index (χ2n) is 6.34. The highest BCUT2D eigenvalue weighted by Gasteiger charge is 2.17. The predicted molar refractivity (Wildman–Crippen MR) is 107 cm³/mol. The molecule has 0 unspecified atom stereocenters. The minimum Gasteiger partial charge on any atom is -0.455 e. The Kier molecular flexibility index (Phi) is 5.61. The summed E-state index contributed by atoms with van der Waals surface area (Å²) in [5.41, 5.74) is 3.36. The summed E-state index contributed by atoms with van der Waals surface area (Å²) in [6, 6.07) is 9.46. The van der Waals surface area contributed by atoms with Crippen molar-refractivity contribution in [1.82, 2.24) is 9.97 Å². The number of hydrogen-bond acceptors (Lipinski definition) is 9.